The van der Waals surface area contributed by atoms with Crippen molar-refractivity contribution < 1.29 is 18.3 Å². The number of rotatable bonds is 11. The predicted molar refractivity (Wildman–Crippen MR) is 120 cm³/mol. The molecule has 0 spiro atoms. The van der Waals surface area contributed by atoms with Crippen LogP contribution in [0.3, 0.4) is 0 Å². The summed E-state index contributed by atoms with van der Waals surface area (Å²) in [5.41, 5.74) is 2.87. The fourth-order valence-corrected chi connectivity index (χ4v) is 3.08. The van der Waals surface area contributed by atoms with Gasteiger partial charge in [0.05, 0.1) is 13.2 Å². The van der Waals surface area contributed by atoms with E-state index in [1.54, 1.807) is 25.1 Å². The zero-order valence-corrected chi connectivity index (χ0v) is 18.6. The molecule has 0 radical (unpaired) electrons. The Balaban J connectivity index is 2.13. The number of alkyl halides is 2. The highest BCUT2D eigenvalue weighted by Gasteiger charge is 2.16. The van der Waals surface area contributed by atoms with Gasteiger partial charge in [-0.1, -0.05) is 36.4 Å². The summed E-state index contributed by atoms with van der Waals surface area (Å²) in [5.74, 6) is 0.922. The van der Waals surface area contributed by atoms with Crippen LogP contribution in [-0.4, -0.2) is 44.7 Å². The number of para-hydroxylation sites is 1. The van der Waals surface area contributed by atoms with Gasteiger partial charge in [-0.15, -0.1) is 0 Å². The highest BCUT2D eigenvalue weighted by molar-refractivity contribution is 5.79. The van der Waals surface area contributed by atoms with Crippen LogP contribution in [0.1, 0.15) is 30.5 Å². The Morgan fingerprint density at radius 2 is 1.81 bits per heavy atom. The molecule has 0 fully saturated rings. The fourth-order valence-electron chi connectivity index (χ4n) is 3.08. The first kappa shape index (κ1) is 24.4. The van der Waals surface area contributed by atoms with Gasteiger partial charge in [-0.25, -0.2) is 4.99 Å². The minimum atomic E-state index is -2.93. The van der Waals surface area contributed by atoms with Crippen molar-refractivity contribution in [3.63, 3.8) is 0 Å². The lowest BCUT2D eigenvalue weighted by molar-refractivity contribution is -0.0520. The third kappa shape index (κ3) is 8.41. The molecule has 6 nitrogen and oxygen atoms in total. The van der Waals surface area contributed by atoms with Crippen LogP contribution in [0.25, 0.3) is 0 Å². The van der Waals surface area contributed by atoms with Crippen LogP contribution >= 0.6 is 0 Å². The number of ether oxygens (including phenoxy) is 2. The minimum Gasteiger partial charge on any atom is -0.490 e. The van der Waals surface area contributed by atoms with Crippen LogP contribution in [-0.2, 0) is 19.6 Å². The number of guanidine groups is 1. The molecular weight excluding hydrogens is 402 g/mol. The third-order valence-corrected chi connectivity index (χ3v) is 4.27. The van der Waals surface area contributed by atoms with Gasteiger partial charge in [-0.3, -0.25) is 0 Å². The predicted octanol–water partition coefficient (Wildman–Crippen LogP) is 4.00. The molecule has 2 aromatic carbocycles. The van der Waals surface area contributed by atoms with Crippen LogP contribution in [0.2, 0.25) is 0 Å². The van der Waals surface area contributed by atoms with E-state index in [-0.39, 0.29) is 12.3 Å². The SMILES string of the molecule is CCNC(=NCc1cccc(CN(C)C)c1)NCc1cccc(OCC)c1OC(F)F. The monoisotopic (exact) mass is 434 g/mol. The topological polar surface area (TPSA) is 58.1 Å². The number of halogens is 2. The van der Waals surface area contributed by atoms with E-state index in [9.17, 15) is 8.78 Å². The Labute approximate surface area is 183 Å². The van der Waals surface area contributed by atoms with Crippen LogP contribution in [0.4, 0.5) is 8.78 Å². The maximum Gasteiger partial charge on any atom is 0.387 e. The summed E-state index contributed by atoms with van der Waals surface area (Å²) >= 11 is 0. The van der Waals surface area contributed by atoms with Gasteiger partial charge in [-0.2, -0.15) is 8.78 Å². The van der Waals surface area contributed by atoms with Crippen molar-refractivity contribution in [1.82, 2.24) is 15.5 Å². The third-order valence-electron chi connectivity index (χ3n) is 4.27. The second kappa shape index (κ2) is 12.7. The first-order valence-electron chi connectivity index (χ1n) is 10.4. The lowest BCUT2D eigenvalue weighted by Crippen LogP contribution is -2.37. The summed E-state index contributed by atoms with van der Waals surface area (Å²) in [6.07, 6.45) is 0. The first-order chi connectivity index (χ1) is 14.9. The molecule has 0 saturated carbocycles. The summed E-state index contributed by atoms with van der Waals surface area (Å²) < 4.78 is 36.0. The van der Waals surface area contributed by atoms with Gasteiger partial charge < -0.3 is 25.0 Å². The molecule has 0 saturated heterocycles. The molecule has 0 atom stereocenters. The molecule has 2 aromatic rings. The number of benzene rings is 2. The maximum absolute atomic E-state index is 12.9. The highest BCUT2D eigenvalue weighted by Crippen LogP contribution is 2.32. The lowest BCUT2D eigenvalue weighted by atomic mass is 10.1. The van der Waals surface area contributed by atoms with Gasteiger partial charge in [0.1, 0.15) is 0 Å². The average molecular weight is 435 g/mol. The second-order valence-electron chi connectivity index (χ2n) is 7.16. The van der Waals surface area contributed by atoms with E-state index in [1.165, 1.54) is 5.56 Å². The summed E-state index contributed by atoms with van der Waals surface area (Å²) in [7, 11) is 4.06. The largest absolute Gasteiger partial charge is 0.490 e. The van der Waals surface area contributed by atoms with Crippen molar-refractivity contribution in [3.8, 4) is 11.5 Å². The molecule has 2 N–H and O–H groups in total. The zero-order chi connectivity index (χ0) is 22.6. The molecule has 0 bridgehead atoms. The molecule has 0 aliphatic heterocycles. The molecule has 31 heavy (non-hydrogen) atoms. The minimum absolute atomic E-state index is 0.0408. The van der Waals surface area contributed by atoms with E-state index in [4.69, 9.17) is 9.47 Å². The second-order valence-corrected chi connectivity index (χ2v) is 7.16. The Hall–Kier alpha value is -2.87. The normalized spacial score (nSPS) is 11.7. The Kier molecular flexibility index (Phi) is 10.0. The van der Waals surface area contributed by atoms with Gasteiger partial charge in [0, 0.05) is 25.2 Å². The van der Waals surface area contributed by atoms with Gasteiger partial charge >= 0.3 is 6.61 Å². The van der Waals surface area contributed by atoms with Crippen molar-refractivity contribution in [2.75, 3.05) is 27.2 Å². The van der Waals surface area contributed by atoms with Crippen molar-refractivity contribution in [3.05, 3.63) is 59.2 Å². The number of nitrogens with one attached hydrogen (secondary N) is 2. The smallest absolute Gasteiger partial charge is 0.387 e. The van der Waals surface area contributed by atoms with Gasteiger partial charge in [0.25, 0.3) is 0 Å². The van der Waals surface area contributed by atoms with Gasteiger partial charge in [0.15, 0.2) is 17.5 Å². The molecule has 0 heterocycles. The standard InChI is InChI=1S/C23H32F2N4O2/c1-5-26-23(27-14-17-9-7-10-18(13-17)16-29(3)4)28-15-19-11-8-12-20(30-6-2)21(19)31-22(24)25/h7-13,22H,5-6,14-16H2,1-4H3,(H2,26,27,28). The molecule has 8 heteroatoms. The first-order valence-corrected chi connectivity index (χ1v) is 10.4. The van der Waals surface area contributed by atoms with E-state index < -0.39 is 6.61 Å². The van der Waals surface area contributed by atoms with Crippen LogP contribution in [0.15, 0.2) is 47.5 Å². The summed E-state index contributed by atoms with van der Waals surface area (Å²) in [6, 6.07) is 13.4. The van der Waals surface area contributed by atoms with Gasteiger partial charge in [-0.05, 0) is 45.1 Å². The van der Waals surface area contributed by atoms with Crippen molar-refractivity contribution in [2.24, 2.45) is 4.99 Å². The molecule has 2 rings (SSSR count). The molecule has 0 aliphatic carbocycles. The molecule has 0 aliphatic rings. The van der Waals surface area contributed by atoms with Crippen molar-refractivity contribution >= 4 is 5.96 Å². The number of nitrogens with zero attached hydrogens (tertiary/aromatic N) is 2. The number of hydrogen-bond donors (Lipinski definition) is 2. The van der Waals surface area contributed by atoms with Gasteiger partial charge in [0.2, 0.25) is 0 Å². The van der Waals surface area contributed by atoms with E-state index in [0.717, 1.165) is 12.1 Å². The van der Waals surface area contributed by atoms with E-state index >= 15 is 0 Å². The molecule has 0 amide bonds. The van der Waals surface area contributed by atoms with E-state index in [2.05, 4.69) is 32.7 Å². The maximum atomic E-state index is 12.9. The van der Waals surface area contributed by atoms with Crippen molar-refractivity contribution in [1.29, 1.82) is 0 Å². The molecule has 170 valence electrons. The number of hydrogen-bond acceptors (Lipinski definition) is 4. The van der Waals surface area contributed by atoms with Crippen LogP contribution in [0.5, 0.6) is 11.5 Å². The molecular formula is C23H32F2N4O2. The number of aliphatic imine (C=N–C) groups is 1. The Morgan fingerprint density at radius 1 is 1.06 bits per heavy atom. The Morgan fingerprint density at radius 3 is 2.48 bits per heavy atom. The fraction of sp³-hybridized carbons (Fsp3) is 0.435. The Bertz CT molecular complexity index is 844. The van der Waals surface area contributed by atoms with Crippen molar-refractivity contribution in [2.45, 2.75) is 40.1 Å². The van der Waals surface area contributed by atoms with Crippen LogP contribution < -0.4 is 20.1 Å². The summed E-state index contributed by atoms with van der Waals surface area (Å²) in [6.45, 7) is 3.47. The summed E-state index contributed by atoms with van der Waals surface area (Å²) in [5, 5.41) is 6.37. The zero-order valence-electron chi connectivity index (χ0n) is 18.6. The quantitative estimate of drug-likeness (QED) is 0.414. The molecule has 0 unspecified atom stereocenters. The van der Waals surface area contributed by atoms with Crippen LogP contribution in [0, 0.1) is 0 Å². The highest BCUT2D eigenvalue weighted by atomic mass is 19.3. The summed E-state index contributed by atoms with van der Waals surface area (Å²) in [4.78, 5) is 6.74. The van der Waals surface area contributed by atoms with E-state index in [0.29, 0.717) is 37.0 Å². The van der Waals surface area contributed by atoms with E-state index in [1.807, 2.05) is 33.2 Å². The lowest BCUT2D eigenvalue weighted by Gasteiger charge is -2.17. The average Bonchev–Trinajstić information content (AvgIpc) is 2.71. The molecule has 0 aromatic heterocycles.